The molecule has 0 saturated heterocycles. The summed E-state index contributed by atoms with van der Waals surface area (Å²) in [4.78, 5) is 18.5. The quantitative estimate of drug-likeness (QED) is 0.599. The van der Waals surface area contributed by atoms with E-state index in [-0.39, 0.29) is 11.2 Å². The highest BCUT2D eigenvalue weighted by atomic mass is 32.2. The Morgan fingerprint density at radius 3 is 3.00 bits per heavy atom. The average molecular weight is 243 g/mol. The fourth-order valence-electron chi connectivity index (χ4n) is 1.46. The van der Waals surface area contributed by atoms with Gasteiger partial charge < -0.3 is 15.5 Å². The lowest BCUT2D eigenvalue weighted by molar-refractivity contribution is -0.146. The topological polar surface area (TPSA) is 81.0 Å². The maximum atomic E-state index is 11.4. The Kier molecular flexibility index (Phi) is 4.37. The predicted octanol–water partition coefficient (Wildman–Crippen LogP) is 1.17. The van der Waals surface area contributed by atoms with E-state index < -0.39 is 5.54 Å². The van der Waals surface area contributed by atoms with Crippen molar-refractivity contribution in [2.24, 2.45) is 5.73 Å². The highest BCUT2D eigenvalue weighted by Crippen LogP contribution is 2.25. The van der Waals surface area contributed by atoms with Crippen LogP contribution in [-0.4, -0.2) is 33.8 Å². The summed E-state index contributed by atoms with van der Waals surface area (Å²) in [7, 11) is 1.35. The summed E-state index contributed by atoms with van der Waals surface area (Å²) in [5.41, 5.74) is 4.93. The first kappa shape index (κ1) is 13.1. The Morgan fingerprint density at radius 2 is 2.50 bits per heavy atom. The molecule has 0 aliphatic heterocycles. The molecule has 1 aromatic rings. The molecule has 0 amide bonds. The molecule has 0 bridgehead atoms. The average Bonchev–Trinajstić information content (AvgIpc) is 2.67. The number of ether oxygens (including phenoxy) is 1. The minimum absolute atomic E-state index is 0.181. The van der Waals surface area contributed by atoms with Crippen LogP contribution in [0.2, 0.25) is 0 Å². The summed E-state index contributed by atoms with van der Waals surface area (Å²) < 4.78 is 4.65. The van der Waals surface area contributed by atoms with Gasteiger partial charge in [-0.1, -0.05) is 18.7 Å². The molecule has 2 unspecified atom stereocenters. The Bertz CT molecular complexity index is 338. The van der Waals surface area contributed by atoms with Crippen LogP contribution in [0.15, 0.2) is 17.6 Å². The molecule has 6 heteroatoms. The van der Waals surface area contributed by atoms with Crippen LogP contribution >= 0.6 is 11.8 Å². The molecular weight excluding hydrogens is 226 g/mol. The summed E-state index contributed by atoms with van der Waals surface area (Å²) in [5, 5.41) is 1.01. The van der Waals surface area contributed by atoms with Gasteiger partial charge in [0.2, 0.25) is 0 Å². The van der Waals surface area contributed by atoms with Crippen LogP contribution in [0.5, 0.6) is 0 Å². The molecule has 5 nitrogen and oxygen atoms in total. The number of imidazole rings is 1. The smallest absolute Gasteiger partial charge is 0.325 e. The van der Waals surface area contributed by atoms with Crippen molar-refractivity contribution in [3.05, 3.63) is 12.4 Å². The predicted molar refractivity (Wildman–Crippen MR) is 63.1 cm³/mol. The van der Waals surface area contributed by atoms with Gasteiger partial charge in [-0.2, -0.15) is 0 Å². The Morgan fingerprint density at radius 1 is 1.81 bits per heavy atom. The van der Waals surface area contributed by atoms with Crippen LogP contribution in [0.4, 0.5) is 0 Å². The van der Waals surface area contributed by atoms with Gasteiger partial charge in [0.15, 0.2) is 5.16 Å². The van der Waals surface area contributed by atoms with Gasteiger partial charge in [0, 0.05) is 17.6 Å². The molecule has 0 aliphatic rings. The molecule has 2 atom stereocenters. The number of methoxy groups -OCH3 is 1. The van der Waals surface area contributed by atoms with E-state index in [2.05, 4.69) is 14.7 Å². The van der Waals surface area contributed by atoms with Crippen LogP contribution in [0, 0.1) is 0 Å². The molecule has 0 aromatic carbocycles. The van der Waals surface area contributed by atoms with Gasteiger partial charge in [0.1, 0.15) is 5.54 Å². The molecule has 0 spiro atoms. The van der Waals surface area contributed by atoms with E-state index in [1.54, 1.807) is 31.1 Å². The lowest BCUT2D eigenvalue weighted by atomic mass is 9.98. The zero-order valence-corrected chi connectivity index (χ0v) is 10.5. The number of thioether (sulfide) groups is 1. The first-order valence-electron chi connectivity index (χ1n) is 4.99. The Balaban J connectivity index is 2.50. The number of esters is 1. The number of carbonyl (C=O) groups excluding carboxylic acids is 1. The van der Waals surface area contributed by atoms with Crippen LogP contribution in [0.3, 0.4) is 0 Å². The van der Waals surface area contributed by atoms with Crippen molar-refractivity contribution in [1.82, 2.24) is 9.97 Å². The zero-order valence-electron chi connectivity index (χ0n) is 9.69. The van der Waals surface area contributed by atoms with E-state index in [0.717, 1.165) is 5.16 Å². The maximum Gasteiger partial charge on any atom is 0.325 e. The lowest BCUT2D eigenvalue weighted by Gasteiger charge is -2.24. The van der Waals surface area contributed by atoms with E-state index in [9.17, 15) is 4.79 Å². The Labute approximate surface area is 99.2 Å². The number of hydrogen-bond acceptors (Lipinski definition) is 5. The van der Waals surface area contributed by atoms with E-state index in [1.165, 1.54) is 7.11 Å². The number of aromatic amines is 1. The van der Waals surface area contributed by atoms with Crippen molar-refractivity contribution in [3.8, 4) is 0 Å². The van der Waals surface area contributed by atoms with Crippen molar-refractivity contribution >= 4 is 17.7 Å². The fraction of sp³-hybridized carbons (Fsp3) is 0.600. The van der Waals surface area contributed by atoms with E-state index in [4.69, 9.17) is 5.73 Å². The number of hydrogen-bond donors (Lipinski definition) is 2. The monoisotopic (exact) mass is 243 g/mol. The third kappa shape index (κ3) is 3.53. The van der Waals surface area contributed by atoms with Crippen molar-refractivity contribution in [2.45, 2.75) is 36.2 Å². The second-order valence-electron chi connectivity index (χ2n) is 3.94. The number of aromatic nitrogens is 2. The third-order valence-electron chi connectivity index (χ3n) is 2.15. The lowest BCUT2D eigenvalue weighted by Crippen LogP contribution is -2.47. The van der Waals surface area contributed by atoms with Gasteiger partial charge in [0.25, 0.3) is 0 Å². The number of nitrogens with one attached hydrogen (secondary N) is 1. The van der Waals surface area contributed by atoms with Crippen LogP contribution < -0.4 is 5.73 Å². The second kappa shape index (κ2) is 5.36. The second-order valence-corrected chi connectivity index (χ2v) is 5.36. The van der Waals surface area contributed by atoms with E-state index in [1.807, 2.05) is 6.92 Å². The van der Waals surface area contributed by atoms with Gasteiger partial charge in [-0.05, 0) is 13.3 Å². The van der Waals surface area contributed by atoms with Gasteiger partial charge in [-0.25, -0.2) is 4.98 Å². The number of nitrogens with zero attached hydrogens (tertiary/aromatic N) is 1. The van der Waals surface area contributed by atoms with E-state index in [0.29, 0.717) is 6.42 Å². The highest BCUT2D eigenvalue weighted by molar-refractivity contribution is 7.99. The molecule has 3 N–H and O–H groups in total. The first-order chi connectivity index (χ1) is 7.45. The van der Waals surface area contributed by atoms with Gasteiger partial charge in [-0.3, -0.25) is 4.79 Å². The van der Waals surface area contributed by atoms with Crippen molar-refractivity contribution in [3.63, 3.8) is 0 Å². The first-order valence-corrected chi connectivity index (χ1v) is 5.87. The maximum absolute atomic E-state index is 11.4. The largest absolute Gasteiger partial charge is 0.468 e. The number of carbonyl (C=O) groups is 1. The molecule has 16 heavy (non-hydrogen) atoms. The highest BCUT2D eigenvalue weighted by Gasteiger charge is 2.31. The molecule has 0 radical (unpaired) electrons. The standard InChI is InChI=1S/C10H17N3O2S/c1-7(16-9-12-4-5-13-9)6-10(2,11)8(14)15-3/h4-5,7H,6,11H2,1-3H3,(H,12,13). The third-order valence-corrected chi connectivity index (χ3v) is 3.16. The van der Waals surface area contributed by atoms with Crippen molar-refractivity contribution < 1.29 is 9.53 Å². The Hall–Kier alpha value is -1.01. The van der Waals surface area contributed by atoms with Crippen LogP contribution in [0.25, 0.3) is 0 Å². The fourth-order valence-corrected chi connectivity index (χ4v) is 2.53. The normalized spacial score (nSPS) is 16.5. The number of nitrogens with two attached hydrogens (primary N) is 1. The molecule has 0 fully saturated rings. The molecule has 0 saturated carbocycles. The number of rotatable bonds is 5. The van der Waals surface area contributed by atoms with Crippen LogP contribution in [-0.2, 0) is 9.53 Å². The summed E-state index contributed by atoms with van der Waals surface area (Å²) >= 11 is 1.55. The summed E-state index contributed by atoms with van der Waals surface area (Å²) in [5.74, 6) is -0.389. The van der Waals surface area contributed by atoms with Crippen LogP contribution in [0.1, 0.15) is 20.3 Å². The number of H-pyrrole nitrogens is 1. The zero-order chi connectivity index (χ0) is 12.2. The van der Waals surface area contributed by atoms with Crippen molar-refractivity contribution in [1.29, 1.82) is 0 Å². The van der Waals surface area contributed by atoms with Gasteiger partial charge in [-0.15, -0.1) is 0 Å². The molecule has 90 valence electrons. The molecule has 0 aliphatic carbocycles. The van der Waals surface area contributed by atoms with Gasteiger partial charge >= 0.3 is 5.97 Å². The summed E-state index contributed by atoms with van der Waals surface area (Å²) in [6.07, 6.45) is 3.99. The molecule has 1 rings (SSSR count). The van der Waals surface area contributed by atoms with E-state index >= 15 is 0 Å². The van der Waals surface area contributed by atoms with Gasteiger partial charge in [0.05, 0.1) is 7.11 Å². The SMILES string of the molecule is COC(=O)C(C)(N)CC(C)Sc1ncc[nH]1. The summed E-state index contributed by atoms with van der Waals surface area (Å²) in [6.45, 7) is 3.68. The summed E-state index contributed by atoms with van der Waals surface area (Å²) in [6, 6.07) is 0. The molecular formula is C10H17N3O2S. The molecule has 1 heterocycles. The minimum atomic E-state index is -0.951. The van der Waals surface area contributed by atoms with Crippen molar-refractivity contribution in [2.75, 3.05) is 7.11 Å². The minimum Gasteiger partial charge on any atom is -0.468 e. The molecule has 1 aromatic heterocycles.